The van der Waals surface area contributed by atoms with Crippen molar-refractivity contribution in [1.29, 1.82) is 0 Å². The maximum absolute atomic E-state index is 13.0. The van der Waals surface area contributed by atoms with Crippen molar-refractivity contribution in [2.75, 3.05) is 21.2 Å². The lowest BCUT2D eigenvalue weighted by Crippen LogP contribution is -2.23. The number of thiazole rings is 1. The number of methoxy groups -OCH3 is 1. The second-order valence-electron chi connectivity index (χ2n) is 6.93. The van der Waals surface area contributed by atoms with Crippen molar-refractivity contribution < 1.29 is 9.53 Å². The minimum Gasteiger partial charge on any atom is -0.497 e. The fourth-order valence-electron chi connectivity index (χ4n) is 2.92. The van der Waals surface area contributed by atoms with Gasteiger partial charge in [-0.05, 0) is 35.9 Å². The Morgan fingerprint density at radius 3 is 2.70 bits per heavy atom. The van der Waals surface area contributed by atoms with E-state index in [0.717, 1.165) is 26.9 Å². The Morgan fingerprint density at radius 1 is 1.23 bits per heavy atom. The van der Waals surface area contributed by atoms with Gasteiger partial charge in [0, 0.05) is 24.4 Å². The topological polar surface area (TPSA) is 77.3 Å². The number of carbonyl (C=O) groups is 1. The highest BCUT2D eigenvalue weighted by Crippen LogP contribution is 2.31. The molecule has 0 fully saturated rings. The number of rotatable bonds is 6. The summed E-state index contributed by atoms with van der Waals surface area (Å²) in [7, 11) is 5.07. The molecule has 0 saturated carbocycles. The van der Waals surface area contributed by atoms with E-state index in [9.17, 15) is 9.59 Å². The SMILES string of the molecule is COc1ccc(-c2cc3ncn(Cc4csc(CC(=O)N(C)C)n4)c(=O)c3s2)cc1. The van der Waals surface area contributed by atoms with Gasteiger partial charge in [0.1, 0.15) is 15.5 Å². The number of ether oxygens (including phenoxy) is 1. The van der Waals surface area contributed by atoms with E-state index in [1.807, 2.05) is 35.7 Å². The molecule has 3 heterocycles. The maximum Gasteiger partial charge on any atom is 0.271 e. The third-order valence-corrected chi connectivity index (χ3v) is 6.67. The van der Waals surface area contributed by atoms with Gasteiger partial charge in [0.25, 0.3) is 5.56 Å². The molecule has 1 aromatic carbocycles. The van der Waals surface area contributed by atoms with E-state index in [2.05, 4.69) is 9.97 Å². The number of nitrogens with zero attached hydrogens (tertiary/aromatic N) is 4. The summed E-state index contributed by atoms with van der Waals surface area (Å²) >= 11 is 2.85. The minimum atomic E-state index is -0.0938. The number of fused-ring (bicyclic) bond motifs is 1. The van der Waals surface area contributed by atoms with Crippen LogP contribution in [0.25, 0.3) is 20.7 Å². The van der Waals surface area contributed by atoms with Crippen LogP contribution < -0.4 is 10.3 Å². The highest BCUT2D eigenvalue weighted by molar-refractivity contribution is 7.22. The lowest BCUT2D eigenvalue weighted by molar-refractivity contribution is -0.127. The van der Waals surface area contributed by atoms with Crippen LogP contribution in [-0.4, -0.2) is 46.5 Å². The van der Waals surface area contributed by atoms with Gasteiger partial charge in [0.2, 0.25) is 5.91 Å². The Labute approximate surface area is 181 Å². The van der Waals surface area contributed by atoms with E-state index in [0.29, 0.717) is 16.8 Å². The molecule has 0 N–H and O–H groups in total. The molecule has 4 rings (SSSR count). The molecule has 3 aromatic heterocycles. The van der Waals surface area contributed by atoms with Crippen LogP contribution in [0.2, 0.25) is 0 Å². The van der Waals surface area contributed by atoms with Gasteiger partial charge in [0.15, 0.2) is 0 Å². The third kappa shape index (κ3) is 4.12. The van der Waals surface area contributed by atoms with E-state index in [4.69, 9.17) is 4.74 Å². The van der Waals surface area contributed by atoms with Crippen LogP contribution >= 0.6 is 22.7 Å². The number of thiophene rings is 1. The van der Waals surface area contributed by atoms with Crippen LogP contribution in [0.1, 0.15) is 10.7 Å². The Balaban J connectivity index is 1.58. The van der Waals surface area contributed by atoms with Crippen molar-refractivity contribution in [3.8, 4) is 16.2 Å². The van der Waals surface area contributed by atoms with Gasteiger partial charge in [-0.15, -0.1) is 22.7 Å². The molecule has 0 spiro atoms. The summed E-state index contributed by atoms with van der Waals surface area (Å²) < 4.78 is 7.37. The van der Waals surface area contributed by atoms with Crippen molar-refractivity contribution >= 4 is 38.8 Å². The summed E-state index contributed by atoms with van der Waals surface area (Å²) in [4.78, 5) is 36.3. The number of benzene rings is 1. The predicted octanol–water partition coefficient (Wildman–Crippen LogP) is 3.27. The first-order chi connectivity index (χ1) is 14.4. The highest BCUT2D eigenvalue weighted by atomic mass is 32.1. The van der Waals surface area contributed by atoms with E-state index >= 15 is 0 Å². The Hall–Kier alpha value is -3.04. The standard InChI is InChI=1S/C21H20N4O3S2/c1-24(2)19(26)9-18-23-14(11-29-18)10-25-12-22-16-8-17(30-20(16)21(25)27)13-4-6-15(28-3)7-5-13/h4-8,11-12H,9-10H2,1-3H3. The third-order valence-electron chi connectivity index (χ3n) is 4.61. The number of hydrogen-bond donors (Lipinski definition) is 0. The molecule has 0 radical (unpaired) electrons. The Morgan fingerprint density at radius 2 is 2.00 bits per heavy atom. The average Bonchev–Trinajstić information content (AvgIpc) is 3.37. The van der Waals surface area contributed by atoms with Crippen LogP contribution in [0.4, 0.5) is 0 Å². The van der Waals surface area contributed by atoms with Crippen LogP contribution in [0.3, 0.4) is 0 Å². The van der Waals surface area contributed by atoms with E-state index in [1.165, 1.54) is 22.7 Å². The number of amides is 1. The summed E-state index contributed by atoms with van der Waals surface area (Å²) in [5.41, 5.74) is 2.35. The second kappa shape index (κ2) is 8.37. The summed E-state index contributed by atoms with van der Waals surface area (Å²) in [5, 5.41) is 2.62. The van der Waals surface area contributed by atoms with Crippen molar-refractivity contribution in [1.82, 2.24) is 19.4 Å². The zero-order chi connectivity index (χ0) is 21.3. The Bertz CT molecular complexity index is 1260. The first kappa shape index (κ1) is 20.2. The molecule has 0 unspecified atom stereocenters. The number of carbonyl (C=O) groups excluding carboxylic acids is 1. The molecule has 0 aliphatic carbocycles. The highest BCUT2D eigenvalue weighted by Gasteiger charge is 2.13. The van der Waals surface area contributed by atoms with Crippen molar-refractivity contribution in [3.05, 3.63) is 63.1 Å². The van der Waals surface area contributed by atoms with Crippen LogP contribution in [-0.2, 0) is 17.8 Å². The monoisotopic (exact) mass is 440 g/mol. The number of aromatic nitrogens is 3. The molecule has 0 saturated heterocycles. The van der Waals surface area contributed by atoms with Gasteiger partial charge in [-0.3, -0.25) is 14.2 Å². The molecule has 0 aliphatic rings. The van der Waals surface area contributed by atoms with E-state index in [1.54, 1.807) is 37.0 Å². The molecule has 154 valence electrons. The van der Waals surface area contributed by atoms with E-state index < -0.39 is 0 Å². The van der Waals surface area contributed by atoms with Gasteiger partial charge in [-0.25, -0.2) is 9.97 Å². The van der Waals surface area contributed by atoms with Crippen molar-refractivity contribution in [3.63, 3.8) is 0 Å². The van der Waals surface area contributed by atoms with E-state index in [-0.39, 0.29) is 17.9 Å². The van der Waals surface area contributed by atoms with Gasteiger partial charge >= 0.3 is 0 Å². The first-order valence-corrected chi connectivity index (χ1v) is 10.9. The zero-order valence-corrected chi connectivity index (χ0v) is 18.4. The maximum atomic E-state index is 13.0. The van der Waals surface area contributed by atoms with Gasteiger partial charge in [-0.2, -0.15) is 0 Å². The van der Waals surface area contributed by atoms with Crippen LogP contribution in [0, 0.1) is 0 Å². The lowest BCUT2D eigenvalue weighted by atomic mass is 10.2. The fraction of sp³-hybridized carbons (Fsp3) is 0.238. The first-order valence-electron chi connectivity index (χ1n) is 9.21. The van der Waals surface area contributed by atoms with Crippen LogP contribution in [0.5, 0.6) is 5.75 Å². The zero-order valence-electron chi connectivity index (χ0n) is 16.8. The normalized spacial score (nSPS) is 11.0. The van der Waals surface area contributed by atoms with Gasteiger partial charge in [-0.1, -0.05) is 0 Å². The summed E-state index contributed by atoms with van der Waals surface area (Å²) in [5.74, 6) is 0.788. The minimum absolute atomic E-state index is 0.000741. The molecule has 30 heavy (non-hydrogen) atoms. The molecular formula is C21H20N4O3S2. The largest absolute Gasteiger partial charge is 0.497 e. The van der Waals surface area contributed by atoms with Crippen molar-refractivity contribution in [2.24, 2.45) is 0 Å². The smallest absolute Gasteiger partial charge is 0.271 e. The number of hydrogen-bond acceptors (Lipinski definition) is 7. The van der Waals surface area contributed by atoms with Crippen LogP contribution in [0.15, 0.2) is 46.8 Å². The molecule has 9 heteroatoms. The van der Waals surface area contributed by atoms with Gasteiger partial charge in [0.05, 0.1) is 37.6 Å². The molecule has 4 aromatic rings. The molecule has 7 nitrogen and oxygen atoms in total. The summed E-state index contributed by atoms with van der Waals surface area (Å²) in [6.45, 7) is 0.324. The molecular weight excluding hydrogens is 420 g/mol. The van der Waals surface area contributed by atoms with Gasteiger partial charge < -0.3 is 9.64 Å². The lowest BCUT2D eigenvalue weighted by Gasteiger charge is -2.07. The average molecular weight is 441 g/mol. The number of likely N-dealkylation sites (N-methyl/N-ethyl adjacent to an activating group) is 1. The second-order valence-corrected chi connectivity index (χ2v) is 8.92. The molecule has 0 atom stereocenters. The quantitative estimate of drug-likeness (QED) is 0.460. The molecule has 0 bridgehead atoms. The Kier molecular flexibility index (Phi) is 5.65. The predicted molar refractivity (Wildman–Crippen MR) is 119 cm³/mol. The summed E-state index contributed by atoms with van der Waals surface area (Å²) in [6.07, 6.45) is 1.82. The van der Waals surface area contributed by atoms with Crippen molar-refractivity contribution in [2.45, 2.75) is 13.0 Å². The molecule has 1 amide bonds. The summed E-state index contributed by atoms with van der Waals surface area (Å²) in [6, 6.07) is 9.65. The molecule has 0 aliphatic heterocycles. The fourth-order valence-corrected chi connectivity index (χ4v) is 4.76.